The maximum atomic E-state index is 3.46. The Balaban J connectivity index is 1.76. The first kappa shape index (κ1) is 10.2. The van der Waals surface area contributed by atoms with E-state index in [0.29, 0.717) is 0 Å². The van der Waals surface area contributed by atoms with E-state index in [1.807, 2.05) is 0 Å². The Labute approximate surface area is 88.0 Å². The summed E-state index contributed by atoms with van der Waals surface area (Å²) in [7, 11) is 0. The second-order valence-electron chi connectivity index (χ2n) is 4.85. The quantitative estimate of drug-likeness (QED) is 0.664. The van der Waals surface area contributed by atoms with Gasteiger partial charge < -0.3 is 5.32 Å². The van der Waals surface area contributed by atoms with Crippen LogP contribution in [0.2, 0.25) is 0 Å². The van der Waals surface area contributed by atoms with Crippen LogP contribution in [0.25, 0.3) is 0 Å². The lowest BCUT2D eigenvalue weighted by Gasteiger charge is -2.07. The summed E-state index contributed by atoms with van der Waals surface area (Å²) in [6.07, 6.45) is 13.9. The fourth-order valence-corrected chi connectivity index (χ4v) is 2.72. The number of rotatable bonds is 2. The van der Waals surface area contributed by atoms with Crippen molar-refractivity contribution in [3.8, 4) is 0 Å². The van der Waals surface area contributed by atoms with Crippen LogP contribution in [0.15, 0.2) is 11.6 Å². The molecule has 2 aliphatic rings. The Hall–Kier alpha value is -0.300. The van der Waals surface area contributed by atoms with E-state index in [1.165, 1.54) is 64.5 Å². The summed E-state index contributed by atoms with van der Waals surface area (Å²) in [5, 5.41) is 3.46. The minimum absolute atomic E-state index is 1.03. The summed E-state index contributed by atoms with van der Waals surface area (Å²) in [6, 6.07) is 0. The molecule has 0 aromatic heterocycles. The fraction of sp³-hybridized carbons (Fsp3) is 0.846. The van der Waals surface area contributed by atoms with Gasteiger partial charge in [-0.3, -0.25) is 0 Å². The normalized spacial score (nSPS) is 28.1. The van der Waals surface area contributed by atoms with Gasteiger partial charge in [-0.25, -0.2) is 0 Å². The Morgan fingerprint density at radius 3 is 2.79 bits per heavy atom. The van der Waals surface area contributed by atoms with Crippen molar-refractivity contribution < 1.29 is 0 Å². The molecule has 0 spiro atoms. The van der Waals surface area contributed by atoms with E-state index in [4.69, 9.17) is 0 Å². The van der Waals surface area contributed by atoms with Crippen molar-refractivity contribution in [1.29, 1.82) is 0 Å². The molecular weight excluding hydrogens is 170 g/mol. The molecular formula is C13H23N. The molecule has 2 rings (SSSR count). The highest BCUT2D eigenvalue weighted by Gasteiger charge is 2.13. The molecule has 1 aliphatic carbocycles. The van der Waals surface area contributed by atoms with Gasteiger partial charge in [0.1, 0.15) is 0 Å². The lowest BCUT2D eigenvalue weighted by molar-refractivity contribution is 0.555. The first-order valence-corrected chi connectivity index (χ1v) is 6.34. The van der Waals surface area contributed by atoms with Crippen molar-refractivity contribution in [2.45, 2.75) is 51.4 Å². The van der Waals surface area contributed by atoms with Crippen molar-refractivity contribution in [3.63, 3.8) is 0 Å². The molecule has 0 aromatic carbocycles. The van der Waals surface area contributed by atoms with Gasteiger partial charge in [-0.15, -0.1) is 0 Å². The highest BCUT2D eigenvalue weighted by atomic mass is 14.8. The summed E-state index contributed by atoms with van der Waals surface area (Å²) < 4.78 is 0. The molecule has 2 fully saturated rings. The SMILES string of the molecule is C(/CC1CCCC1)=C1\CCCNCC1. The lowest BCUT2D eigenvalue weighted by atomic mass is 9.99. The van der Waals surface area contributed by atoms with E-state index in [0.717, 1.165) is 5.92 Å². The van der Waals surface area contributed by atoms with E-state index in [9.17, 15) is 0 Å². The summed E-state index contributed by atoms with van der Waals surface area (Å²) in [5.74, 6) is 1.03. The first-order chi connectivity index (χ1) is 6.95. The molecule has 0 aromatic rings. The maximum Gasteiger partial charge on any atom is -0.00116 e. The van der Waals surface area contributed by atoms with Crippen molar-refractivity contribution in [2.24, 2.45) is 5.92 Å². The van der Waals surface area contributed by atoms with Crippen LogP contribution >= 0.6 is 0 Å². The zero-order valence-electron chi connectivity index (χ0n) is 9.23. The summed E-state index contributed by atoms with van der Waals surface area (Å²) in [4.78, 5) is 0. The van der Waals surface area contributed by atoms with Gasteiger partial charge in [0, 0.05) is 0 Å². The van der Waals surface area contributed by atoms with Crippen LogP contribution in [0, 0.1) is 5.92 Å². The molecule has 1 saturated carbocycles. The third-order valence-corrected chi connectivity index (χ3v) is 3.69. The molecule has 0 amide bonds. The van der Waals surface area contributed by atoms with E-state index in [-0.39, 0.29) is 0 Å². The second kappa shape index (κ2) is 5.55. The second-order valence-corrected chi connectivity index (χ2v) is 4.85. The Morgan fingerprint density at radius 2 is 1.93 bits per heavy atom. The largest absolute Gasteiger partial charge is 0.316 e. The smallest absolute Gasteiger partial charge is 0.00116 e. The highest BCUT2D eigenvalue weighted by molar-refractivity contribution is 5.04. The van der Waals surface area contributed by atoms with Gasteiger partial charge in [-0.05, 0) is 44.7 Å². The summed E-state index contributed by atoms with van der Waals surface area (Å²) in [5.41, 5.74) is 1.72. The zero-order valence-corrected chi connectivity index (χ0v) is 9.23. The lowest BCUT2D eigenvalue weighted by Crippen LogP contribution is -2.13. The predicted octanol–water partition coefficient (Wildman–Crippen LogP) is 3.27. The predicted molar refractivity (Wildman–Crippen MR) is 61.4 cm³/mol. The van der Waals surface area contributed by atoms with Crippen LogP contribution in [-0.4, -0.2) is 13.1 Å². The molecule has 0 atom stereocenters. The molecule has 14 heavy (non-hydrogen) atoms. The summed E-state index contributed by atoms with van der Waals surface area (Å²) >= 11 is 0. The molecule has 0 radical (unpaired) electrons. The maximum absolute atomic E-state index is 3.46. The average molecular weight is 193 g/mol. The monoisotopic (exact) mass is 193 g/mol. The average Bonchev–Trinajstić information content (AvgIpc) is 2.58. The minimum atomic E-state index is 1.03. The van der Waals surface area contributed by atoms with Gasteiger partial charge >= 0.3 is 0 Å². The molecule has 1 saturated heterocycles. The number of allylic oxidation sites excluding steroid dienone is 1. The third kappa shape index (κ3) is 3.13. The molecule has 1 nitrogen and oxygen atoms in total. The van der Waals surface area contributed by atoms with Gasteiger partial charge in [0.15, 0.2) is 0 Å². The minimum Gasteiger partial charge on any atom is -0.316 e. The fourth-order valence-electron chi connectivity index (χ4n) is 2.72. The standard InChI is InChI=1S/C13H23N/c1-2-5-12(4-1)7-8-13-6-3-10-14-11-9-13/h8,12,14H,1-7,9-11H2/b13-8-. The van der Waals surface area contributed by atoms with Crippen molar-refractivity contribution >= 4 is 0 Å². The third-order valence-electron chi connectivity index (χ3n) is 3.69. The van der Waals surface area contributed by atoms with E-state index in [1.54, 1.807) is 5.57 Å². The van der Waals surface area contributed by atoms with Crippen molar-refractivity contribution in [1.82, 2.24) is 5.32 Å². The molecule has 1 N–H and O–H groups in total. The van der Waals surface area contributed by atoms with Crippen LogP contribution in [0.5, 0.6) is 0 Å². The molecule has 1 heteroatoms. The molecule has 1 heterocycles. The van der Waals surface area contributed by atoms with Gasteiger partial charge in [0.2, 0.25) is 0 Å². The zero-order chi connectivity index (χ0) is 9.64. The number of hydrogen-bond acceptors (Lipinski definition) is 1. The van der Waals surface area contributed by atoms with Crippen LogP contribution in [0.3, 0.4) is 0 Å². The topological polar surface area (TPSA) is 12.0 Å². The van der Waals surface area contributed by atoms with Crippen LogP contribution in [-0.2, 0) is 0 Å². The number of hydrogen-bond donors (Lipinski definition) is 1. The first-order valence-electron chi connectivity index (χ1n) is 6.34. The molecule has 0 unspecified atom stereocenters. The van der Waals surface area contributed by atoms with E-state index >= 15 is 0 Å². The van der Waals surface area contributed by atoms with Gasteiger partial charge in [0.25, 0.3) is 0 Å². The van der Waals surface area contributed by atoms with Gasteiger partial charge in [0.05, 0.1) is 0 Å². The van der Waals surface area contributed by atoms with Crippen LogP contribution < -0.4 is 5.32 Å². The number of nitrogens with one attached hydrogen (secondary N) is 1. The van der Waals surface area contributed by atoms with E-state index < -0.39 is 0 Å². The van der Waals surface area contributed by atoms with Crippen LogP contribution in [0.1, 0.15) is 51.4 Å². The van der Waals surface area contributed by atoms with Crippen LogP contribution in [0.4, 0.5) is 0 Å². The Morgan fingerprint density at radius 1 is 1.07 bits per heavy atom. The van der Waals surface area contributed by atoms with E-state index in [2.05, 4.69) is 11.4 Å². The van der Waals surface area contributed by atoms with Crippen molar-refractivity contribution in [2.75, 3.05) is 13.1 Å². The highest BCUT2D eigenvalue weighted by Crippen LogP contribution is 2.28. The van der Waals surface area contributed by atoms with Gasteiger partial charge in [-0.1, -0.05) is 37.3 Å². The Kier molecular flexibility index (Phi) is 4.05. The molecule has 80 valence electrons. The Bertz CT molecular complexity index is 179. The molecule has 1 aliphatic heterocycles. The summed E-state index contributed by atoms with van der Waals surface area (Å²) in [6.45, 7) is 2.43. The van der Waals surface area contributed by atoms with Crippen molar-refractivity contribution in [3.05, 3.63) is 11.6 Å². The van der Waals surface area contributed by atoms with Gasteiger partial charge in [-0.2, -0.15) is 0 Å². The molecule has 0 bridgehead atoms.